The highest BCUT2D eigenvalue weighted by molar-refractivity contribution is 6.35. The number of hydrogen-bond acceptors (Lipinski definition) is 6. The van der Waals surface area contributed by atoms with E-state index in [1.807, 2.05) is 0 Å². The van der Waals surface area contributed by atoms with E-state index in [2.05, 4.69) is 9.97 Å². The molecule has 0 aliphatic heterocycles. The van der Waals surface area contributed by atoms with Gasteiger partial charge >= 0.3 is 0 Å². The summed E-state index contributed by atoms with van der Waals surface area (Å²) < 4.78 is 0. The van der Waals surface area contributed by atoms with Gasteiger partial charge in [-0.1, -0.05) is 6.07 Å². The van der Waals surface area contributed by atoms with Crippen LogP contribution in [0.25, 0.3) is 28.2 Å². The van der Waals surface area contributed by atoms with Crippen molar-refractivity contribution in [1.82, 2.24) is 9.97 Å². The number of aromatic nitrogens is 2. The molecule has 0 fully saturated rings. The van der Waals surface area contributed by atoms with E-state index in [0.717, 1.165) is 5.56 Å². The summed E-state index contributed by atoms with van der Waals surface area (Å²) in [6.45, 7) is 0. The van der Waals surface area contributed by atoms with Crippen LogP contribution in [0, 0.1) is 22.7 Å². The molecule has 27 heavy (non-hydrogen) atoms. The summed E-state index contributed by atoms with van der Waals surface area (Å²) in [5.41, 5.74) is 2.76. The lowest BCUT2D eigenvalue weighted by Crippen LogP contribution is -2.15. The number of carbonyl (C=O) groups is 1. The Morgan fingerprint density at radius 2 is 1.67 bits per heavy atom. The lowest BCUT2D eigenvalue weighted by Gasteiger charge is -2.20. The van der Waals surface area contributed by atoms with Crippen LogP contribution in [0.5, 0.6) is 5.75 Å². The Labute approximate surface area is 154 Å². The molecule has 0 saturated heterocycles. The van der Waals surface area contributed by atoms with Crippen molar-refractivity contribution in [2.45, 2.75) is 0 Å². The number of ketones is 1. The van der Waals surface area contributed by atoms with Gasteiger partial charge in [0.05, 0.1) is 22.5 Å². The predicted octanol–water partition coefficient (Wildman–Crippen LogP) is 3.51. The molecule has 2 aromatic heterocycles. The molecule has 0 spiro atoms. The van der Waals surface area contributed by atoms with Crippen LogP contribution >= 0.6 is 0 Å². The summed E-state index contributed by atoms with van der Waals surface area (Å²) in [5.74, 6) is -0.275. The molecule has 0 saturated carbocycles. The number of pyridine rings is 2. The first-order chi connectivity index (χ1) is 13.1. The smallest absolute Gasteiger partial charge is 0.198 e. The number of aromatic hydroxyl groups is 1. The zero-order valence-corrected chi connectivity index (χ0v) is 13.8. The predicted molar refractivity (Wildman–Crippen MR) is 97.0 cm³/mol. The highest BCUT2D eigenvalue weighted by atomic mass is 16.3. The molecule has 126 valence electrons. The van der Waals surface area contributed by atoms with Crippen LogP contribution in [-0.4, -0.2) is 20.9 Å². The molecule has 4 rings (SSSR count). The zero-order chi connectivity index (χ0) is 19.0. The summed E-state index contributed by atoms with van der Waals surface area (Å²) in [6.07, 6.45) is 1.57. The van der Waals surface area contributed by atoms with Gasteiger partial charge in [0.25, 0.3) is 0 Å². The lowest BCUT2D eigenvalue weighted by molar-refractivity contribution is 0.105. The Kier molecular flexibility index (Phi) is 3.73. The van der Waals surface area contributed by atoms with E-state index in [4.69, 9.17) is 0 Å². The van der Waals surface area contributed by atoms with Crippen molar-refractivity contribution < 1.29 is 9.90 Å². The number of nitriles is 2. The van der Waals surface area contributed by atoms with Crippen LogP contribution in [0.4, 0.5) is 0 Å². The number of phenolic OH excluding ortho intramolecular Hbond substituents is 1. The van der Waals surface area contributed by atoms with Crippen LogP contribution < -0.4 is 0 Å². The van der Waals surface area contributed by atoms with Gasteiger partial charge in [-0.25, -0.2) is 4.98 Å². The van der Waals surface area contributed by atoms with Gasteiger partial charge < -0.3 is 5.11 Å². The molecule has 0 unspecified atom stereocenters. The van der Waals surface area contributed by atoms with Crippen LogP contribution in [0.1, 0.15) is 15.9 Å². The van der Waals surface area contributed by atoms with Crippen molar-refractivity contribution in [2.24, 2.45) is 0 Å². The van der Waals surface area contributed by atoms with Crippen molar-refractivity contribution in [2.75, 3.05) is 0 Å². The minimum atomic E-state index is -0.423. The van der Waals surface area contributed by atoms with Crippen LogP contribution in [0.15, 0.2) is 60.3 Å². The van der Waals surface area contributed by atoms with Gasteiger partial charge in [-0.2, -0.15) is 10.5 Å². The largest absolute Gasteiger partial charge is 0.508 e. The third-order valence-electron chi connectivity index (χ3n) is 4.30. The molecule has 3 aromatic rings. The molecule has 6 nitrogen and oxygen atoms in total. The number of phenols is 1. The topological polar surface area (TPSA) is 111 Å². The highest BCUT2D eigenvalue weighted by Gasteiger charge is 2.32. The summed E-state index contributed by atoms with van der Waals surface area (Å²) in [6, 6.07) is 16.8. The van der Waals surface area contributed by atoms with Crippen LogP contribution in [0.2, 0.25) is 0 Å². The summed E-state index contributed by atoms with van der Waals surface area (Å²) >= 11 is 0. The number of fused-ring (bicyclic) bond motifs is 3. The third-order valence-corrected chi connectivity index (χ3v) is 4.30. The Hall–Kier alpha value is -4.29. The molecule has 1 aliphatic carbocycles. The molecule has 1 aromatic carbocycles. The first kappa shape index (κ1) is 16.2. The fraction of sp³-hybridized carbons (Fsp3) is 0. The number of carbonyl (C=O) groups excluding carboxylic acids is 1. The second kappa shape index (κ2) is 6.21. The van der Waals surface area contributed by atoms with E-state index in [9.17, 15) is 20.4 Å². The second-order valence-corrected chi connectivity index (χ2v) is 5.84. The third kappa shape index (κ3) is 2.53. The Morgan fingerprint density at radius 1 is 0.926 bits per heavy atom. The van der Waals surface area contributed by atoms with Crippen molar-refractivity contribution >= 4 is 11.4 Å². The van der Waals surface area contributed by atoms with Crippen molar-refractivity contribution in [3.63, 3.8) is 0 Å². The molecule has 2 heterocycles. The Morgan fingerprint density at radius 3 is 2.37 bits per heavy atom. The molecule has 0 amide bonds. The van der Waals surface area contributed by atoms with Gasteiger partial charge in [-0.3, -0.25) is 9.78 Å². The number of nitrogens with zero attached hydrogens (tertiary/aromatic N) is 4. The normalized spacial score (nSPS) is 11.8. The molecule has 0 bridgehead atoms. The molecular weight excluding hydrogens is 340 g/mol. The van der Waals surface area contributed by atoms with Gasteiger partial charge in [0.1, 0.15) is 29.2 Å². The minimum absolute atomic E-state index is 0.0507. The number of rotatable bonds is 1. The zero-order valence-electron chi connectivity index (χ0n) is 13.8. The average molecular weight is 350 g/mol. The fourth-order valence-electron chi connectivity index (χ4n) is 3.05. The van der Waals surface area contributed by atoms with Gasteiger partial charge in [-0.05, 0) is 42.5 Å². The maximum Gasteiger partial charge on any atom is 0.198 e. The van der Waals surface area contributed by atoms with Crippen molar-refractivity contribution in [3.8, 4) is 40.5 Å². The average Bonchev–Trinajstić information content (AvgIpc) is 2.71. The molecule has 0 radical (unpaired) electrons. The summed E-state index contributed by atoms with van der Waals surface area (Å²) in [7, 11) is 0. The van der Waals surface area contributed by atoms with Gasteiger partial charge in [0.2, 0.25) is 0 Å². The Balaban J connectivity index is 1.98. The standard InChI is InChI=1S/C21H10N4O2/c22-10-13(11-23)18-15-2-1-9-24-19(15)20-16(21(18)27)7-8-17(25-20)12-3-5-14(26)6-4-12/h1-9,26H. The minimum Gasteiger partial charge on any atom is -0.508 e. The number of allylic oxidation sites excluding steroid dienone is 2. The first-order valence-corrected chi connectivity index (χ1v) is 7.99. The van der Waals surface area contributed by atoms with E-state index in [1.165, 1.54) is 0 Å². The van der Waals surface area contributed by atoms with Crippen LogP contribution in [0.3, 0.4) is 0 Å². The fourth-order valence-corrected chi connectivity index (χ4v) is 3.05. The maximum absolute atomic E-state index is 13.0. The van der Waals surface area contributed by atoms with E-state index in [-0.39, 0.29) is 16.9 Å². The van der Waals surface area contributed by atoms with Crippen molar-refractivity contribution in [3.05, 3.63) is 71.4 Å². The SMILES string of the molecule is N#CC(C#N)=C1C(=O)c2ccc(-c3ccc(O)cc3)nc2-c2ncccc21. The van der Waals surface area contributed by atoms with E-state index >= 15 is 0 Å². The van der Waals surface area contributed by atoms with E-state index in [1.54, 1.807) is 66.9 Å². The summed E-state index contributed by atoms with van der Waals surface area (Å²) in [5, 5.41) is 27.9. The quantitative estimate of drug-likeness (QED) is 0.531. The molecule has 1 aliphatic rings. The highest BCUT2D eigenvalue weighted by Crippen LogP contribution is 2.39. The monoisotopic (exact) mass is 350 g/mol. The lowest BCUT2D eigenvalue weighted by atomic mass is 9.84. The van der Waals surface area contributed by atoms with Crippen molar-refractivity contribution in [1.29, 1.82) is 10.5 Å². The number of Topliss-reactive ketones (excluding diaryl/α,β-unsaturated/α-hetero) is 1. The maximum atomic E-state index is 13.0. The number of hydrogen-bond donors (Lipinski definition) is 1. The summed E-state index contributed by atoms with van der Waals surface area (Å²) in [4.78, 5) is 21.9. The number of benzene rings is 1. The van der Waals surface area contributed by atoms with E-state index in [0.29, 0.717) is 28.2 Å². The molecule has 0 atom stereocenters. The molecular formula is C21H10N4O2. The van der Waals surface area contributed by atoms with Gasteiger partial charge in [-0.15, -0.1) is 0 Å². The van der Waals surface area contributed by atoms with Gasteiger partial charge in [0, 0.05) is 17.3 Å². The van der Waals surface area contributed by atoms with Crippen LogP contribution in [-0.2, 0) is 0 Å². The van der Waals surface area contributed by atoms with E-state index < -0.39 is 5.78 Å². The Bertz CT molecular complexity index is 1200. The van der Waals surface area contributed by atoms with Gasteiger partial charge in [0.15, 0.2) is 5.78 Å². The first-order valence-electron chi connectivity index (χ1n) is 7.99. The molecule has 1 N–H and O–H groups in total. The molecule has 6 heteroatoms. The second-order valence-electron chi connectivity index (χ2n) is 5.84.